The van der Waals surface area contributed by atoms with Crippen LogP contribution in [0.5, 0.6) is 0 Å². The molecule has 1 fully saturated rings. The Balaban J connectivity index is 1.91. The smallest absolute Gasteiger partial charge is 0.352 e. The molecule has 1 aliphatic carbocycles. The van der Waals surface area contributed by atoms with E-state index in [-0.39, 0.29) is 24.2 Å². The largest absolute Gasteiger partial charge is 0.416 e. The Morgan fingerprint density at radius 3 is 2.30 bits per heavy atom. The number of benzene rings is 2. The monoisotopic (exact) mass is 603 g/mol. The molecule has 1 saturated carbocycles. The predicted molar refractivity (Wildman–Crippen MR) is 138 cm³/mol. The molecule has 1 aliphatic rings. The molecule has 0 radical (unpaired) electrons. The van der Waals surface area contributed by atoms with Crippen molar-refractivity contribution in [3.05, 3.63) is 64.1 Å². The Morgan fingerprint density at radius 2 is 1.73 bits per heavy atom. The van der Waals surface area contributed by atoms with Gasteiger partial charge in [-0.25, -0.2) is 8.42 Å². The SMILES string of the molecule is C[C@H](C(=O)NC1CCCC1)N(Cc1ccc(Br)cc1)C(=O)CN(c1cccc(C(F)(F)F)c1)S(C)(=O)=O. The van der Waals surface area contributed by atoms with Crippen molar-refractivity contribution in [1.29, 1.82) is 0 Å². The fourth-order valence-electron chi connectivity index (χ4n) is 4.21. The zero-order valence-electron chi connectivity index (χ0n) is 20.5. The number of rotatable bonds is 9. The number of hydrogen-bond donors (Lipinski definition) is 1. The van der Waals surface area contributed by atoms with Crippen molar-refractivity contribution >= 4 is 43.5 Å². The highest BCUT2D eigenvalue weighted by atomic mass is 79.9. The van der Waals surface area contributed by atoms with Crippen molar-refractivity contribution in [1.82, 2.24) is 10.2 Å². The van der Waals surface area contributed by atoms with E-state index in [2.05, 4.69) is 21.2 Å². The van der Waals surface area contributed by atoms with E-state index in [0.29, 0.717) is 15.9 Å². The molecule has 3 rings (SSSR count). The molecular formula is C25H29BrF3N3O4S. The number of carbonyl (C=O) groups excluding carboxylic acids is 2. The van der Waals surface area contributed by atoms with Crippen LogP contribution in [0.4, 0.5) is 18.9 Å². The molecule has 1 atom stereocenters. The number of hydrogen-bond acceptors (Lipinski definition) is 4. The molecule has 0 saturated heterocycles. The minimum atomic E-state index is -4.69. The van der Waals surface area contributed by atoms with Gasteiger partial charge in [-0.15, -0.1) is 0 Å². The van der Waals surface area contributed by atoms with Crippen LogP contribution in [0.15, 0.2) is 53.0 Å². The van der Waals surface area contributed by atoms with Crippen LogP contribution in [0.25, 0.3) is 0 Å². The van der Waals surface area contributed by atoms with Gasteiger partial charge in [0.2, 0.25) is 21.8 Å². The van der Waals surface area contributed by atoms with Crippen LogP contribution in [-0.2, 0) is 32.3 Å². The first-order chi connectivity index (χ1) is 17.3. The van der Waals surface area contributed by atoms with E-state index in [0.717, 1.165) is 48.5 Å². The molecular weight excluding hydrogens is 575 g/mol. The molecule has 2 aromatic rings. The first-order valence-corrected chi connectivity index (χ1v) is 14.4. The van der Waals surface area contributed by atoms with Crippen LogP contribution < -0.4 is 9.62 Å². The van der Waals surface area contributed by atoms with Crippen molar-refractivity contribution in [3.8, 4) is 0 Å². The second-order valence-corrected chi connectivity index (χ2v) is 12.0. The summed E-state index contributed by atoms with van der Waals surface area (Å²) >= 11 is 3.34. The summed E-state index contributed by atoms with van der Waals surface area (Å²) in [6, 6.07) is 9.90. The lowest BCUT2D eigenvalue weighted by atomic mass is 10.1. The highest BCUT2D eigenvalue weighted by Crippen LogP contribution is 2.32. The minimum Gasteiger partial charge on any atom is -0.352 e. The van der Waals surface area contributed by atoms with E-state index in [4.69, 9.17) is 0 Å². The number of carbonyl (C=O) groups is 2. The third kappa shape index (κ3) is 7.94. The molecule has 0 unspecified atom stereocenters. The predicted octanol–water partition coefficient (Wildman–Crippen LogP) is 4.71. The number of nitrogens with one attached hydrogen (secondary N) is 1. The summed E-state index contributed by atoms with van der Waals surface area (Å²) in [5.74, 6) is -1.10. The Hall–Kier alpha value is -2.60. The third-order valence-electron chi connectivity index (χ3n) is 6.28. The van der Waals surface area contributed by atoms with Crippen molar-refractivity contribution in [2.24, 2.45) is 0 Å². The first kappa shape index (κ1) is 29.0. The summed E-state index contributed by atoms with van der Waals surface area (Å²) in [4.78, 5) is 27.8. The Morgan fingerprint density at radius 1 is 1.11 bits per heavy atom. The zero-order chi connectivity index (χ0) is 27.4. The van der Waals surface area contributed by atoms with Crippen molar-refractivity contribution in [2.45, 2.75) is 57.4 Å². The first-order valence-electron chi connectivity index (χ1n) is 11.7. The average Bonchev–Trinajstić information content (AvgIpc) is 3.33. The molecule has 0 bridgehead atoms. The van der Waals surface area contributed by atoms with Gasteiger partial charge in [0.1, 0.15) is 12.6 Å². The maximum Gasteiger partial charge on any atom is 0.416 e. The second-order valence-electron chi connectivity index (χ2n) is 9.13. The lowest BCUT2D eigenvalue weighted by Crippen LogP contribution is -2.52. The third-order valence-corrected chi connectivity index (χ3v) is 7.94. The Bertz CT molecular complexity index is 1220. The van der Waals surface area contributed by atoms with Crippen LogP contribution in [0.2, 0.25) is 0 Å². The van der Waals surface area contributed by atoms with Crippen LogP contribution in [0.1, 0.15) is 43.7 Å². The normalized spacial score (nSPS) is 15.3. The van der Waals surface area contributed by atoms with Gasteiger partial charge in [0.25, 0.3) is 0 Å². The lowest BCUT2D eigenvalue weighted by molar-refractivity contribution is -0.139. The quantitative estimate of drug-likeness (QED) is 0.450. The van der Waals surface area contributed by atoms with Gasteiger partial charge < -0.3 is 10.2 Å². The van der Waals surface area contributed by atoms with Gasteiger partial charge in [0, 0.05) is 17.1 Å². The Kier molecular flexibility index (Phi) is 9.27. The molecule has 2 aromatic carbocycles. The minimum absolute atomic E-state index is 0.00552. The number of nitrogens with zero attached hydrogens (tertiary/aromatic N) is 2. The molecule has 1 N–H and O–H groups in total. The van der Waals surface area contributed by atoms with Gasteiger partial charge in [-0.05, 0) is 55.7 Å². The molecule has 0 aromatic heterocycles. The lowest BCUT2D eigenvalue weighted by Gasteiger charge is -2.32. The maximum atomic E-state index is 13.5. The van der Waals surface area contributed by atoms with Crippen molar-refractivity contribution in [3.63, 3.8) is 0 Å². The standard InChI is InChI=1S/C25H29BrF3N3O4S/c1-17(24(34)30-21-7-3-4-8-21)31(15-18-10-12-20(26)13-11-18)23(33)16-32(37(2,35)36)22-9-5-6-19(14-22)25(27,28)29/h5-6,9-14,17,21H,3-4,7-8,15-16H2,1-2H3,(H,30,34)/t17-/m1/s1. The molecule has 7 nitrogen and oxygen atoms in total. The van der Waals surface area contributed by atoms with Crippen LogP contribution in [-0.4, -0.2) is 50.0 Å². The van der Waals surface area contributed by atoms with E-state index in [1.807, 2.05) is 0 Å². The van der Waals surface area contributed by atoms with Gasteiger partial charge in [0.15, 0.2) is 0 Å². The van der Waals surface area contributed by atoms with E-state index < -0.39 is 40.3 Å². The highest BCUT2D eigenvalue weighted by molar-refractivity contribution is 9.10. The summed E-state index contributed by atoms with van der Waals surface area (Å²) in [7, 11) is -4.14. The molecule has 0 spiro atoms. The highest BCUT2D eigenvalue weighted by Gasteiger charge is 2.34. The van der Waals surface area contributed by atoms with E-state index in [9.17, 15) is 31.2 Å². The van der Waals surface area contributed by atoms with Crippen molar-refractivity contribution in [2.75, 3.05) is 17.1 Å². The van der Waals surface area contributed by atoms with Crippen LogP contribution in [0, 0.1) is 0 Å². The van der Waals surface area contributed by atoms with E-state index in [1.165, 1.54) is 11.0 Å². The summed E-state index contributed by atoms with van der Waals surface area (Å²) in [6.07, 6.45) is -0.186. The van der Waals surface area contributed by atoms with Gasteiger partial charge in [0.05, 0.1) is 17.5 Å². The fraction of sp³-hybridized carbons (Fsp3) is 0.440. The topological polar surface area (TPSA) is 86.8 Å². The van der Waals surface area contributed by atoms with Crippen LogP contribution in [0.3, 0.4) is 0 Å². The summed E-state index contributed by atoms with van der Waals surface area (Å²) in [6.45, 7) is 0.791. The van der Waals surface area contributed by atoms with Gasteiger partial charge >= 0.3 is 6.18 Å². The molecule has 0 heterocycles. The van der Waals surface area contributed by atoms with Gasteiger partial charge in [-0.2, -0.15) is 13.2 Å². The molecule has 0 aliphatic heterocycles. The van der Waals surface area contributed by atoms with Gasteiger partial charge in [-0.3, -0.25) is 13.9 Å². The Labute approximate surface area is 223 Å². The molecule has 202 valence electrons. The van der Waals surface area contributed by atoms with Crippen LogP contribution >= 0.6 is 15.9 Å². The number of amides is 2. The number of halogens is 4. The van der Waals surface area contributed by atoms with Crippen molar-refractivity contribution < 1.29 is 31.2 Å². The summed E-state index contributed by atoms with van der Waals surface area (Å²) in [5.41, 5.74) is -0.638. The number of sulfonamides is 1. The fourth-order valence-corrected chi connectivity index (χ4v) is 5.32. The summed E-state index contributed by atoms with van der Waals surface area (Å²) in [5, 5.41) is 2.95. The summed E-state index contributed by atoms with van der Waals surface area (Å²) < 4.78 is 66.4. The number of anilines is 1. The van der Waals surface area contributed by atoms with Gasteiger partial charge in [-0.1, -0.05) is 47.0 Å². The molecule has 37 heavy (non-hydrogen) atoms. The average molecular weight is 604 g/mol. The molecule has 12 heteroatoms. The van der Waals surface area contributed by atoms with E-state index >= 15 is 0 Å². The maximum absolute atomic E-state index is 13.5. The molecule has 2 amide bonds. The zero-order valence-corrected chi connectivity index (χ0v) is 22.9. The van der Waals surface area contributed by atoms with E-state index in [1.54, 1.807) is 31.2 Å². The second kappa shape index (κ2) is 11.8. The number of alkyl halides is 3.